The van der Waals surface area contributed by atoms with Crippen molar-refractivity contribution < 1.29 is 14.4 Å². The Morgan fingerprint density at radius 3 is 3.00 bits per heavy atom. The van der Waals surface area contributed by atoms with Crippen molar-refractivity contribution >= 4 is 17.9 Å². The Kier molecular flexibility index (Phi) is 3.34. The van der Waals surface area contributed by atoms with E-state index in [-0.39, 0.29) is 18.1 Å². The number of rotatable bonds is 4. The average Bonchev–Trinajstić information content (AvgIpc) is 2.48. The monoisotopic (exact) mass is 181 g/mol. The van der Waals surface area contributed by atoms with Gasteiger partial charge >= 0.3 is 6.21 Å². The van der Waals surface area contributed by atoms with Gasteiger partial charge in [0, 0.05) is 25.9 Å². The predicted molar refractivity (Wildman–Crippen MR) is 45.1 cm³/mol. The Balaban J connectivity index is 2.29. The third-order valence-electron chi connectivity index (χ3n) is 2.00. The maximum atomic E-state index is 11.1. The van der Waals surface area contributed by atoms with Gasteiger partial charge in [0.2, 0.25) is 11.7 Å². The molecule has 1 aliphatic heterocycles. The van der Waals surface area contributed by atoms with Crippen LogP contribution in [0.5, 0.6) is 0 Å². The second-order valence-corrected chi connectivity index (χ2v) is 2.95. The van der Waals surface area contributed by atoms with Gasteiger partial charge in [0.1, 0.15) is 0 Å². The van der Waals surface area contributed by atoms with Crippen molar-refractivity contribution in [1.82, 2.24) is 4.90 Å². The first kappa shape index (κ1) is 9.61. The van der Waals surface area contributed by atoms with Crippen LogP contribution in [0.1, 0.15) is 19.3 Å². The molecule has 13 heavy (non-hydrogen) atoms. The molecule has 1 saturated heterocycles. The molecule has 0 radical (unpaired) electrons. The van der Waals surface area contributed by atoms with Crippen LogP contribution in [-0.4, -0.2) is 40.7 Å². The molecule has 1 amide bonds. The SMILES string of the molecule is [N-]=[N+]=CC(=O)CCN1CCCC1=O. The summed E-state index contributed by atoms with van der Waals surface area (Å²) in [7, 11) is 0. The van der Waals surface area contributed by atoms with Crippen LogP contribution in [0.15, 0.2) is 0 Å². The zero-order valence-electron chi connectivity index (χ0n) is 7.27. The summed E-state index contributed by atoms with van der Waals surface area (Å²) in [5.74, 6) is -0.157. The van der Waals surface area contributed by atoms with Crippen LogP contribution in [0.25, 0.3) is 5.53 Å². The number of likely N-dealkylation sites (tertiary alicyclic amines) is 1. The molecule has 1 aliphatic rings. The predicted octanol–water partition coefficient (Wildman–Crippen LogP) is -0.131. The fraction of sp³-hybridized carbons (Fsp3) is 0.625. The van der Waals surface area contributed by atoms with E-state index in [0.717, 1.165) is 19.2 Å². The summed E-state index contributed by atoms with van der Waals surface area (Å²) >= 11 is 0. The maximum absolute atomic E-state index is 11.1. The van der Waals surface area contributed by atoms with Gasteiger partial charge in [-0.15, -0.1) is 0 Å². The van der Waals surface area contributed by atoms with Gasteiger partial charge in [-0.05, 0) is 6.42 Å². The molecule has 0 unspecified atom stereocenters. The highest BCUT2D eigenvalue weighted by Crippen LogP contribution is 2.09. The molecule has 0 bridgehead atoms. The standard InChI is InChI=1S/C8H11N3O2/c9-10-6-7(12)3-5-11-4-1-2-8(11)13/h6H,1-5H2. The highest BCUT2D eigenvalue weighted by Gasteiger charge is 2.20. The topological polar surface area (TPSA) is 73.8 Å². The van der Waals surface area contributed by atoms with Crippen molar-refractivity contribution in [3.8, 4) is 0 Å². The van der Waals surface area contributed by atoms with E-state index in [1.165, 1.54) is 0 Å². The van der Waals surface area contributed by atoms with Crippen molar-refractivity contribution in [3.05, 3.63) is 5.53 Å². The first-order valence-electron chi connectivity index (χ1n) is 4.22. The van der Waals surface area contributed by atoms with Crippen LogP contribution < -0.4 is 0 Å². The number of ketones is 1. The first-order chi connectivity index (χ1) is 6.24. The van der Waals surface area contributed by atoms with E-state index in [1.54, 1.807) is 4.90 Å². The van der Waals surface area contributed by atoms with Crippen molar-refractivity contribution in [2.75, 3.05) is 13.1 Å². The summed E-state index contributed by atoms with van der Waals surface area (Å²) in [6, 6.07) is 0. The molecule has 0 aromatic heterocycles. The number of Topliss-reactive ketones (excluding diaryl/α,β-unsaturated/α-hetero) is 1. The van der Waals surface area contributed by atoms with E-state index in [9.17, 15) is 9.59 Å². The summed E-state index contributed by atoms with van der Waals surface area (Å²) in [6.45, 7) is 1.17. The van der Waals surface area contributed by atoms with Gasteiger partial charge in [-0.1, -0.05) is 0 Å². The van der Waals surface area contributed by atoms with E-state index >= 15 is 0 Å². The van der Waals surface area contributed by atoms with E-state index in [2.05, 4.69) is 4.79 Å². The summed E-state index contributed by atoms with van der Waals surface area (Å²) in [6.07, 6.45) is 2.56. The molecule has 70 valence electrons. The number of amides is 1. The molecule has 5 nitrogen and oxygen atoms in total. The minimum absolute atomic E-state index is 0.105. The zero-order chi connectivity index (χ0) is 9.68. The minimum atomic E-state index is -0.262. The Labute approximate surface area is 76.0 Å². The van der Waals surface area contributed by atoms with Crippen molar-refractivity contribution in [2.45, 2.75) is 19.3 Å². The van der Waals surface area contributed by atoms with Crippen LogP contribution in [0.2, 0.25) is 0 Å². The van der Waals surface area contributed by atoms with Crippen LogP contribution in [0, 0.1) is 0 Å². The Morgan fingerprint density at radius 2 is 2.46 bits per heavy atom. The molecule has 1 fully saturated rings. The van der Waals surface area contributed by atoms with Crippen molar-refractivity contribution in [3.63, 3.8) is 0 Å². The summed E-state index contributed by atoms with van der Waals surface area (Å²) in [5, 5.41) is 0. The second kappa shape index (κ2) is 4.52. The number of hydrogen-bond donors (Lipinski definition) is 0. The van der Waals surface area contributed by atoms with Crippen molar-refractivity contribution in [1.29, 1.82) is 0 Å². The molecule has 5 heteroatoms. The summed E-state index contributed by atoms with van der Waals surface area (Å²) < 4.78 is 0. The first-order valence-corrected chi connectivity index (χ1v) is 4.22. The lowest BCUT2D eigenvalue weighted by atomic mass is 10.3. The van der Waals surface area contributed by atoms with Gasteiger partial charge in [0.15, 0.2) is 0 Å². The Hall–Kier alpha value is -1.48. The zero-order valence-corrected chi connectivity index (χ0v) is 7.27. The Morgan fingerprint density at radius 1 is 1.69 bits per heavy atom. The molecule has 1 rings (SSSR count). The average molecular weight is 181 g/mol. The Bertz CT molecular complexity index is 269. The molecule has 0 atom stereocenters. The van der Waals surface area contributed by atoms with Gasteiger partial charge < -0.3 is 10.4 Å². The molecule has 0 spiro atoms. The van der Waals surface area contributed by atoms with Crippen LogP contribution >= 0.6 is 0 Å². The fourth-order valence-corrected chi connectivity index (χ4v) is 1.31. The maximum Gasteiger partial charge on any atom is 0.323 e. The van der Waals surface area contributed by atoms with Gasteiger partial charge in [0.05, 0.1) is 0 Å². The van der Waals surface area contributed by atoms with Crippen LogP contribution in [-0.2, 0) is 9.59 Å². The molecule has 0 aromatic rings. The normalized spacial score (nSPS) is 15.7. The molecule has 0 aliphatic carbocycles. The molecule has 1 heterocycles. The third-order valence-corrected chi connectivity index (χ3v) is 2.00. The van der Waals surface area contributed by atoms with Crippen LogP contribution in [0.4, 0.5) is 0 Å². The second-order valence-electron chi connectivity index (χ2n) is 2.95. The molecule has 0 saturated carbocycles. The number of hydrogen-bond acceptors (Lipinski definition) is 2. The molecular weight excluding hydrogens is 170 g/mol. The van der Waals surface area contributed by atoms with Crippen LogP contribution in [0.3, 0.4) is 0 Å². The highest BCUT2D eigenvalue weighted by atomic mass is 16.2. The van der Waals surface area contributed by atoms with Gasteiger partial charge in [-0.25, -0.2) is 0 Å². The number of carbonyl (C=O) groups excluding carboxylic acids is 2. The quantitative estimate of drug-likeness (QED) is 0.344. The highest BCUT2D eigenvalue weighted by molar-refractivity contribution is 6.25. The van der Waals surface area contributed by atoms with E-state index in [1.807, 2.05) is 0 Å². The lowest BCUT2D eigenvalue weighted by molar-refractivity contribution is -0.128. The largest absolute Gasteiger partial charge is 0.361 e. The molecular formula is C8H11N3O2. The lowest BCUT2D eigenvalue weighted by Gasteiger charge is -2.12. The number of nitrogens with zero attached hydrogens (tertiary/aromatic N) is 3. The third kappa shape index (κ3) is 2.80. The molecule has 0 aromatic carbocycles. The number of carbonyl (C=O) groups is 2. The summed E-state index contributed by atoms with van der Waals surface area (Å²) in [4.78, 5) is 26.2. The summed E-state index contributed by atoms with van der Waals surface area (Å²) in [5.41, 5.74) is 8.05. The van der Waals surface area contributed by atoms with Gasteiger partial charge in [0.25, 0.3) is 0 Å². The van der Waals surface area contributed by atoms with Gasteiger partial charge in [-0.3, -0.25) is 9.59 Å². The fourth-order valence-electron chi connectivity index (χ4n) is 1.31. The van der Waals surface area contributed by atoms with E-state index < -0.39 is 0 Å². The van der Waals surface area contributed by atoms with Gasteiger partial charge in [-0.2, -0.15) is 4.79 Å². The van der Waals surface area contributed by atoms with E-state index in [4.69, 9.17) is 5.53 Å². The lowest BCUT2D eigenvalue weighted by Crippen LogP contribution is -2.27. The minimum Gasteiger partial charge on any atom is -0.361 e. The molecule has 0 N–H and O–H groups in total. The smallest absolute Gasteiger partial charge is 0.323 e. The van der Waals surface area contributed by atoms with Crippen molar-refractivity contribution in [2.24, 2.45) is 0 Å². The van der Waals surface area contributed by atoms with E-state index in [0.29, 0.717) is 13.0 Å².